The fraction of sp³-hybridized carbons (Fsp3) is 0.552. The quantitative estimate of drug-likeness (QED) is 0.365. The Balaban J connectivity index is 1.62. The molecule has 2 aromatic rings. The van der Waals surface area contributed by atoms with Crippen LogP contribution in [0.5, 0.6) is 11.5 Å². The van der Waals surface area contributed by atoms with Gasteiger partial charge in [0.2, 0.25) is 0 Å². The van der Waals surface area contributed by atoms with Crippen molar-refractivity contribution < 1.29 is 19.4 Å². The van der Waals surface area contributed by atoms with E-state index >= 15 is 0 Å². The van der Waals surface area contributed by atoms with Crippen molar-refractivity contribution >= 4 is 5.91 Å². The molecule has 0 bridgehead atoms. The molecule has 5 nitrogen and oxygen atoms in total. The number of ether oxygens (including phenoxy) is 2. The molecule has 2 aromatic carbocycles. The summed E-state index contributed by atoms with van der Waals surface area (Å²) < 4.78 is 12.0. The van der Waals surface area contributed by atoms with Crippen LogP contribution < -0.4 is 9.47 Å². The monoisotopic (exact) mass is 467 g/mol. The van der Waals surface area contributed by atoms with E-state index in [0.717, 1.165) is 44.1 Å². The molecule has 1 aliphatic rings. The van der Waals surface area contributed by atoms with Crippen LogP contribution >= 0.6 is 0 Å². The van der Waals surface area contributed by atoms with Crippen molar-refractivity contribution in [2.75, 3.05) is 26.3 Å². The number of hydrogen-bond acceptors (Lipinski definition) is 4. The maximum absolute atomic E-state index is 13.3. The Morgan fingerprint density at radius 1 is 0.882 bits per heavy atom. The summed E-state index contributed by atoms with van der Waals surface area (Å²) in [6, 6.07) is 15.6. The average molecular weight is 468 g/mol. The maximum Gasteiger partial charge on any atom is 0.253 e. The van der Waals surface area contributed by atoms with Gasteiger partial charge in [-0.1, -0.05) is 69.9 Å². The molecule has 186 valence electrons. The Bertz CT molecular complexity index is 875. The predicted octanol–water partition coefficient (Wildman–Crippen LogP) is 6.03. The van der Waals surface area contributed by atoms with E-state index in [1.807, 2.05) is 53.4 Å². The second-order valence-electron chi connectivity index (χ2n) is 9.45. The molecule has 34 heavy (non-hydrogen) atoms. The molecule has 1 heterocycles. The van der Waals surface area contributed by atoms with E-state index in [1.54, 1.807) is 0 Å². The Morgan fingerprint density at radius 3 is 2.12 bits per heavy atom. The average Bonchev–Trinajstić information content (AvgIpc) is 2.85. The van der Waals surface area contributed by atoms with E-state index in [0.29, 0.717) is 62.6 Å². The van der Waals surface area contributed by atoms with Crippen molar-refractivity contribution in [1.82, 2.24) is 4.90 Å². The molecular formula is C29H41NO4. The number of carbonyl (C=O) groups is 1. The molecule has 0 atom stereocenters. The van der Waals surface area contributed by atoms with Gasteiger partial charge < -0.3 is 19.5 Å². The van der Waals surface area contributed by atoms with Crippen LogP contribution in [0.1, 0.15) is 81.1 Å². The van der Waals surface area contributed by atoms with Crippen LogP contribution in [0.25, 0.3) is 0 Å². The standard InChI is InChI=1S/C29H41NO4/c1-3-5-10-20-33-26-15-14-25(22-27(26)34-21-11-6-4-2)28(31)30-18-16-29(32,17-19-30)23-24-12-8-7-9-13-24/h7-9,12-15,22,32H,3-6,10-11,16-21,23H2,1-2H3. The number of likely N-dealkylation sites (tertiary alicyclic amines) is 1. The highest BCUT2D eigenvalue weighted by atomic mass is 16.5. The fourth-order valence-electron chi connectivity index (χ4n) is 4.40. The Labute approximate surface area is 205 Å². The van der Waals surface area contributed by atoms with Crippen molar-refractivity contribution in [2.45, 2.75) is 77.2 Å². The summed E-state index contributed by atoms with van der Waals surface area (Å²) in [5, 5.41) is 11.1. The first-order chi connectivity index (χ1) is 16.5. The summed E-state index contributed by atoms with van der Waals surface area (Å²) in [5.41, 5.74) is 0.978. The van der Waals surface area contributed by atoms with Gasteiger partial charge >= 0.3 is 0 Å². The van der Waals surface area contributed by atoms with E-state index in [2.05, 4.69) is 13.8 Å². The molecule has 1 amide bonds. The number of aliphatic hydroxyl groups is 1. The van der Waals surface area contributed by atoms with Crippen LogP contribution in [-0.4, -0.2) is 47.8 Å². The van der Waals surface area contributed by atoms with Crippen LogP contribution in [-0.2, 0) is 6.42 Å². The van der Waals surface area contributed by atoms with E-state index in [-0.39, 0.29) is 5.91 Å². The zero-order valence-corrected chi connectivity index (χ0v) is 20.9. The van der Waals surface area contributed by atoms with E-state index in [4.69, 9.17) is 9.47 Å². The van der Waals surface area contributed by atoms with Gasteiger partial charge in [0.1, 0.15) is 0 Å². The fourth-order valence-corrected chi connectivity index (χ4v) is 4.40. The van der Waals surface area contributed by atoms with E-state index in [9.17, 15) is 9.90 Å². The molecule has 0 aliphatic carbocycles. The number of piperidine rings is 1. The summed E-state index contributed by atoms with van der Waals surface area (Å²) in [6.07, 6.45) is 8.29. The van der Waals surface area contributed by atoms with Gasteiger partial charge in [-0.3, -0.25) is 4.79 Å². The first-order valence-corrected chi connectivity index (χ1v) is 13.0. The number of unbranched alkanes of at least 4 members (excludes halogenated alkanes) is 4. The number of nitrogens with zero attached hydrogens (tertiary/aromatic N) is 1. The largest absolute Gasteiger partial charge is 0.490 e. The van der Waals surface area contributed by atoms with Crippen molar-refractivity contribution in [3.63, 3.8) is 0 Å². The Hall–Kier alpha value is -2.53. The summed E-state index contributed by atoms with van der Waals surface area (Å²) >= 11 is 0. The predicted molar refractivity (Wildman–Crippen MR) is 137 cm³/mol. The van der Waals surface area contributed by atoms with Crippen LogP contribution in [0.4, 0.5) is 0 Å². The SMILES string of the molecule is CCCCCOc1ccc(C(=O)N2CCC(O)(Cc3ccccc3)CC2)cc1OCCCCC. The zero-order valence-electron chi connectivity index (χ0n) is 20.9. The second kappa shape index (κ2) is 13.4. The highest BCUT2D eigenvalue weighted by molar-refractivity contribution is 5.95. The van der Waals surface area contributed by atoms with Gasteiger partial charge in [0.05, 0.1) is 18.8 Å². The molecule has 5 heteroatoms. The highest BCUT2D eigenvalue weighted by Crippen LogP contribution is 2.31. The highest BCUT2D eigenvalue weighted by Gasteiger charge is 2.34. The Morgan fingerprint density at radius 2 is 1.50 bits per heavy atom. The van der Waals surface area contributed by atoms with Crippen molar-refractivity contribution in [3.05, 3.63) is 59.7 Å². The molecule has 0 unspecified atom stereocenters. The lowest BCUT2D eigenvalue weighted by Crippen LogP contribution is -2.47. The number of hydrogen-bond donors (Lipinski definition) is 1. The number of rotatable bonds is 13. The number of amides is 1. The van der Waals surface area contributed by atoms with Crippen LogP contribution in [0, 0.1) is 0 Å². The first kappa shape index (κ1) is 26.1. The van der Waals surface area contributed by atoms with Crippen LogP contribution in [0.15, 0.2) is 48.5 Å². The molecule has 0 saturated carbocycles. The first-order valence-electron chi connectivity index (χ1n) is 13.0. The van der Waals surface area contributed by atoms with Crippen LogP contribution in [0.3, 0.4) is 0 Å². The molecule has 0 radical (unpaired) electrons. The maximum atomic E-state index is 13.3. The second-order valence-corrected chi connectivity index (χ2v) is 9.45. The minimum atomic E-state index is -0.762. The van der Waals surface area contributed by atoms with Crippen LogP contribution in [0.2, 0.25) is 0 Å². The molecule has 0 aromatic heterocycles. The summed E-state index contributed by atoms with van der Waals surface area (Å²) in [6.45, 7) is 6.70. The molecule has 0 spiro atoms. The van der Waals surface area contributed by atoms with E-state index in [1.165, 1.54) is 0 Å². The van der Waals surface area contributed by atoms with Crippen molar-refractivity contribution in [2.24, 2.45) is 0 Å². The molecule has 1 N–H and O–H groups in total. The van der Waals surface area contributed by atoms with E-state index < -0.39 is 5.60 Å². The van der Waals surface area contributed by atoms with Gasteiger partial charge in [0.25, 0.3) is 5.91 Å². The molecule has 1 fully saturated rings. The lowest BCUT2D eigenvalue weighted by molar-refractivity contribution is -0.0162. The van der Waals surface area contributed by atoms with Gasteiger partial charge in [-0.15, -0.1) is 0 Å². The van der Waals surface area contributed by atoms with Crippen molar-refractivity contribution in [3.8, 4) is 11.5 Å². The minimum absolute atomic E-state index is 0.0160. The van der Waals surface area contributed by atoms with Gasteiger partial charge in [0, 0.05) is 25.1 Å². The molecular weight excluding hydrogens is 426 g/mol. The van der Waals surface area contributed by atoms with Gasteiger partial charge in [-0.05, 0) is 49.4 Å². The minimum Gasteiger partial charge on any atom is -0.490 e. The third kappa shape index (κ3) is 7.76. The van der Waals surface area contributed by atoms with Crippen molar-refractivity contribution in [1.29, 1.82) is 0 Å². The third-order valence-electron chi connectivity index (χ3n) is 6.56. The normalized spacial score (nSPS) is 15.2. The smallest absolute Gasteiger partial charge is 0.253 e. The topological polar surface area (TPSA) is 59.0 Å². The third-order valence-corrected chi connectivity index (χ3v) is 6.56. The molecule has 1 aliphatic heterocycles. The molecule has 3 rings (SSSR count). The summed E-state index contributed by atoms with van der Waals surface area (Å²) in [7, 11) is 0. The summed E-state index contributed by atoms with van der Waals surface area (Å²) in [4.78, 5) is 15.1. The lowest BCUT2D eigenvalue weighted by Gasteiger charge is -2.38. The molecule has 1 saturated heterocycles. The number of benzene rings is 2. The zero-order chi connectivity index (χ0) is 24.2. The van der Waals surface area contributed by atoms with Gasteiger partial charge in [-0.2, -0.15) is 0 Å². The summed E-state index contributed by atoms with van der Waals surface area (Å²) in [5.74, 6) is 1.34. The lowest BCUT2D eigenvalue weighted by atomic mass is 9.85. The number of carbonyl (C=O) groups excluding carboxylic acids is 1. The van der Waals surface area contributed by atoms with Gasteiger partial charge in [0.15, 0.2) is 11.5 Å². The van der Waals surface area contributed by atoms with Gasteiger partial charge in [-0.25, -0.2) is 0 Å². The Kier molecular flexibility index (Phi) is 10.3.